The molecule has 0 saturated carbocycles. The number of imidazole rings is 1. The maximum atomic E-state index is 12.8. The molecule has 0 saturated heterocycles. The highest BCUT2D eigenvalue weighted by atomic mass is 16.1. The van der Waals surface area contributed by atoms with Gasteiger partial charge >= 0.3 is 0 Å². The Hall–Kier alpha value is -3.85. The van der Waals surface area contributed by atoms with Crippen molar-refractivity contribution in [3.8, 4) is 11.8 Å². The number of nitrogens with one attached hydrogen (secondary N) is 2. The molecular formula is C20H15N5O. The Bertz CT molecular complexity index is 1190. The van der Waals surface area contributed by atoms with E-state index in [-0.39, 0.29) is 5.56 Å². The number of hydrogen-bond acceptors (Lipinski definition) is 3. The maximum absolute atomic E-state index is 12.8. The molecular weight excluding hydrogens is 326 g/mol. The summed E-state index contributed by atoms with van der Waals surface area (Å²) in [5, 5.41) is 12.6. The average Bonchev–Trinajstić information content (AvgIpc) is 3.22. The van der Waals surface area contributed by atoms with Crippen LogP contribution in [0.1, 0.15) is 17.1 Å². The Kier molecular flexibility index (Phi) is 3.75. The number of aromatic nitrogens is 4. The van der Waals surface area contributed by atoms with E-state index >= 15 is 0 Å². The SMILES string of the molecule is Cc1[nH]n(-c2ccccc2)c(=O)c1C=C(C#N)c1nc2ccccc2[nH]1. The molecule has 2 aromatic carbocycles. The van der Waals surface area contributed by atoms with Gasteiger partial charge in [-0.1, -0.05) is 30.3 Å². The third kappa shape index (κ3) is 2.62. The molecule has 0 bridgehead atoms. The first-order valence-electron chi connectivity index (χ1n) is 8.11. The number of para-hydroxylation sites is 3. The number of nitriles is 1. The Morgan fingerprint density at radius 1 is 1.15 bits per heavy atom. The molecule has 6 nitrogen and oxygen atoms in total. The fourth-order valence-corrected chi connectivity index (χ4v) is 2.87. The molecule has 2 aromatic heterocycles. The van der Waals surface area contributed by atoms with Crippen LogP contribution in [-0.4, -0.2) is 19.7 Å². The first-order valence-corrected chi connectivity index (χ1v) is 8.11. The van der Waals surface area contributed by atoms with Crippen molar-refractivity contribution < 1.29 is 0 Å². The van der Waals surface area contributed by atoms with E-state index in [1.807, 2.05) is 54.6 Å². The molecule has 0 spiro atoms. The molecule has 2 heterocycles. The van der Waals surface area contributed by atoms with Crippen LogP contribution in [0.5, 0.6) is 0 Å². The molecule has 0 unspecified atom stereocenters. The number of rotatable bonds is 3. The van der Waals surface area contributed by atoms with Gasteiger partial charge in [-0.15, -0.1) is 0 Å². The topological polar surface area (TPSA) is 90.3 Å². The predicted molar refractivity (Wildman–Crippen MR) is 101 cm³/mol. The van der Waals surface area contributed by atoms with Crippen molar-refractivity contribution in [1.82, 2.24) is 19.7 Å². The van der Waals surface area contributed by atoms with E-state index < -0.39 is 0 Å². The van der Waals surface area contributed by atoms with Crippen LogP contribution in [0, 0.1) is 18.3 Å². The van der Waals surface area contributed by atoms with Gasteiger partial charge in [-0.05, 0) is 37.3 Å². The van der Waals surface area contributed by atoms with E-state index in [0.717, 1.165) is 16.7 Å². The molecule has 6 heteroatoms. The second-order valence-electron chi connectivity index (χ2n) is 5.90. The van der Waals surface area contributed by atoms with E-state index in [4.69, 9.17) is 0 Å². The van der Waals surface area contributed by atoms with Crippen molar-refractivity contribution in [3.05, 3.63) is 82.0 Å². The van der Waals surface area contributed by atoms with Crippen LogP contribution in [0.3, 0.4) is 0 Å². The highest BCUT2D eigenvalue weighted by Crippen LogP contribution is 2.19. The number of allylic oxidation sites excluding steroid dienone is 1. The van der Waals surface area contributed by atoms with Gasteiger partial charge in [-0.2, -0.15) is 5.26 Å². The largest absolute Gasteiger partial charge is 0.337 e. The number of nitrogens with zero attached hydrogens (tertiary/aromatic N) is 3. The lowest BCUT2D eigenvalue weighted by Crippen LogP contribution is -2.15. The molecule has 0 radical (unpaired) electrons. The van der Waals surface area contributed by atoms with Crippen LogP contribution in [0.4, 0.5) is 0 Å². The molecule has 0 amide bonds. The molecule has 0 atom stereocenters. The molecule has 0 fully saturated rings. The lowest BCUT2D eigenvalue weighted by atomic mass is 10.1. The molecule has 0 aliphatic heterocycles. The summed E-state index contributed by atoms with van der Waals surface area (Å²) in [7, 11) is 0. The number of H-pyrrole nitrogens is 2. The van der Waals surface area contributed by atoms with Crippen LogP contribution < -0.4 is 5.56 Å². The van der Waals surface area contributed by atoms with Crippen molar-refractivity contribution in [2.75, 3.05) is 0 Å². The van der Waals surface area contributed by atoms with Crippen molar-refractivity contribution in [1.29, 1.82) is 5.26 Å². The number of benzene rings is 2. The van der Waals surface area contributed by atoms with E-state index in [1.54, 1.807) is 13.0 Å². The summed E-state index contributed by atoms with van der Waals surface area (Å²) in [6, 6.07) is 19.0. The fraction of sp³-hybridized carbons (Fsp3) is 0.0500. The molecule has 0 aliphatic carbocycles. The van der Waals surface area contributed by atoms with Gasteiger partial charge in [0.25, 0.3) is 5.56 Å². The Labute approximate surface area is 149 Å². The highest BCUT2D eigenvalue weighted by molar-refractivity contribution is 5.90. The van der Waals surface area contributed by atoms with Crippen LogP contribution in [-0.2, 0) is 0 Å². The zero-order valence-electron chi connectivity index (χ0n) is 14.0. The summed E-state index contributed by atoms with van der Waals surface area (Å²) in [6.07, 6.45) is 1.57. The zero-order valence-corrected chi connectivity index (χ0v) is 14.0. The lowest BCUT2D eigenvalue weighted by molar-refractivity contribution is 0.835. The fourth-order valence-electron chi connectivity index (χ4n) is 2.87. The quantitative estimate of drug-likeness (QED) is 0.560. The van der Waals surface area contributed by atoms with Gasteiger partial charge in [-0.25, -0.2) is 9.67 Å². The summed E-state index contributed by atoms with van der Waals surface area (Å²) >= 11 is 0. The molecule has 26 heavy (non-hydrogen) atoms. The molecule has 0 aliphatic rings. The lowest BCUT2D eigenvalue weighted by Gasteiger charge is -1.99. The standard InChI is InChI=1S/C20H15N5O/c1-13-16(20(26)25(24-13)15-7-3-2-4-8-15)11-14(12-21)19-22-17-9-5-6-10-18(17)23-19/h2-11,24H,1H3,(H,22,23). The van der Waals surface area contributed by atoms with E-state index in [1.165, 1.54) is 4.68 Å². The van der Waals surface area contributed by atoms with Crippen LogP contribution in [0.25, 0.3) is 28.4 Å². The first-order chi connectivity index (χ1) is 12.7. The van der Waals surface area contributed by atoms with Crippen molar-refractivity contribution in [2.24, 2.45) is 0 Å². The summed E-state index contributed by atoms with van der Waals surface area (Å²) in [5.74, 6) is 0.444. The average molecular weight is 341 g/mol. The summed E-state index contributed by atoms with van der Waals surface area (Å²) in [4.78, 5) is 20.4. The minimum Gasteiger partial charge on any atom is -0.337 e. The summed E-state index contributed by atoms with van der Waals surface area (Å²) in [6.45, 7) is 1.81. The predicted octanol–water partition coefficient (Wildman–Crippen LogP) is 3.41. The molecule has 2 N–H and O–H groups in total. The maximum Gasteiger partial charge on any atom is 0.278 e. The zero-order chi connectivity index (χ0) is 18.1. The summed E-state index contributed by atoms with van der Waals surface area (Å²) in [5.41, 5.74) is 3.57. The summed E-state index contributed by atoms with van der Waals surface area (Å²) < 4.78 is 1.47. The highest BCUT2D eigenvalue weighted by Gasteiger charge is 2.14. The van der Waals surface area contributed by atoms with Gasteiger partial charge in [0.2, 0.25) is 0 Å². The molecule has 4 aromatic rings. The number of fused-ring (bicyclic) bond motifs is 1. The van der Waals surface area contributed by atoms with Crippen molar-refractivity contribution in [3.63, 3.8) is 0 Å². The molecule has 4 rings (SSSR count). The van der Waals surface area contributed by atoms with Gasteiger partial charge in [0.15, 0.2) is 0 Å². The van der Waals surface area contributed by atoms with Crippen molar-refractivity contribution >= 4 is 22.7 Å². The van der Waals surface area contributed by atoms with Gasteiger partial charge in [-0.3, -0.25) is 9.89 Å². The number of hydrogen-bond donors (Lipinski definition) is 2. The van der Waals surface area contributed by atoms with Crippen LogP contribution in [0.15, 0.2) is 59.4 Å². The van der Waals surface area contributed by atoms with Crippen LogP contribution in [0.2, 0.25) is 0 Å². The van der Waals surface area contributed by atoms with Gasteiger partial charge < -0.3 is 4.98 Å². The van der Waals surface area contributed by atoms with Crippen molar-refractivity contribution in [2.45, 2.75) is 6.92 Å². The Morgan fingerprint density at radius 2 is 1.88 bits per heavy atom. The van der Waals surface area contributed by atoms with E-state index in [2.05, 4.69) is 21.1 Å². The smallest absolute Gasteiger partial charge is 0.278 e. The van der Waals surface area contributed by atoms with Gasteiger partial charge in [0, 0.05) is 5.69 Å². The minimum atomic E-state index is -0.211. The first kappa shape index (κ1) is 15.7. The number of aryl methyl sites for hydroxylation is 1. The second-order valence-corrected chi connectivity index (χ2v) is 5.90. The minimum absolute atomic E-state index is 0.211. The normalized spacial score (nSPS) is 11.6. The Morgan fingerprint density at radius 3 is 2.62 bits per heavy atom. The molecule has 126 valence electrons. The third-order valence-corrected chi connectivity index (χ3v) is 4.19. The van der Waals surface area contributed by atoms with E-state index in [9.17, 15) is 10.1 Å². The van der Waals surface area contributed by atoms with Gasteiger partial charge in [0.1, 0.15) is 11.9 Å². The van der Waals surface area contributed by atoms with Gasteiger partial charge in [0.05, 0.1) is 27.9 Å². The second kappa shape index (κ2) is 6.22. The number of aromatic amines is 2. The monoisotopic (exact) mass is 341 g/mol. The Balaban J connectivity index is 1.83. The third-order valence-electron chi connectivity index (χ3n) is 4.19. The van der Waals surface area contributed by atoms with E-state index in [0.29, 0.717) is 22.7 Å². The van der Waals surface area contributed by atoms with Crippen LogP contribution >= 0.6 is 0 Å².